The minimum Gasteiger partial charge on any atom is -0.493 e. The van der Waals surface area contributed by atoms with Crippen molar-refractivity contribution in [3.05, 3.63) is 38.8 Å². The third-order valence-electron chi connectivity index (χ3n) is 2.89. The average molecular weight is 371 g/mol. The van der Waals surface area contributed by atoms with E-state index in [1.54, 1.807) is 24.0 Å². The zero-order valence-electron chi connectivity index (χ0n) is 12.2. The van der Waals surface area contributed by atoms with Crippen molar-refractivity contribution in [2.45, 2.75) is 26.5 Å². The molecule has 0 aliphatic rings. The van der Waals surface area contributed by atoms with Crippen molar-refractivity contribution in [3.8, 4) is 11.5 Å². The van der Waals surface area contributed by atoms with Gasteiger partial charge in [0.15, 0.2) is 11.5 Å². The number of nitrogens with one attached hydrogen (secondary N) is 1. The normalized spacial score (nSPS) is 10.6. The second-order valence-corrected chi connectivity index (χ2v) is 6.13. The lowest BCUT2D eigenvalue weighted by Gasteiger charge is -2.14. The number of nitrogens with zero attached hydrogens (tertiary/aromatic N) is 1. The summed E-state index contributed by atoms with van der Waals surface area (Å²) < 4.78 is 12.2. The summed E-state index contributed by atoms with van der Waals surface area (Å²) in [6, 6.07) is 4.06. The number of thiazole rings is 1. The molecule has 6 heteroatoms. The molecule has 21 heavy (non-hydrogen) atoms. The van der Waals surface area contributed by atoms with Crippen LogP contribution in [0, 0.1) is 0 Å². The number of halogens is 1. The molecule has 1 aromatic heterocycles. The molecule has 4 nitrogen and oxygen atoms in total. The fourth-order valence-corrected chi connectivity index (χ4v) is 3.03. The average Bonchev–Trinajstić information content (AvgIpc) is 2.99. The zero-order chi connectivity index (χ0) is 15.1. The molecule has 0 saturated carbocycles. The van der Waals surface area contributed by atoms with Gasteiger partial charge in [0.2, 0.25) is 0 Å². The summed E-state index contributed by atoms with van der Waals surface area (Å²) in [5.74, 6) is 1.44. The summed E-state index contributed by atoms with van der Waals surface area (Å²) in [4.78, 5) is 4.21. The maximum Gasteiger partial charge on any atom is 0.175 e. The Kier molecular flexibility index (Phi) is 6.48. The second kappa shape index (κ2) is 8.36. The number of hydrogen-bond acceptors (Lipinski definition) is 5. The number of aromatic nitrogens is 1. The molecule has 0 atom stereocenters. The summed E-state index contributed by atoms with van der Waals surface area (Å²) >= 11 is 5.12. The molecule has 0 amide bonds. The van der Waals surface area contributed by atoms with E-state index in [0.717, 1.165) is 41.0 Å². The number of rotatable bonds is 8. The quantitative estimate of drug-likeness (QED) is 0.713. The molecule has 2 rings (SSSR count). The molecule has 114 valence electrons. The van der Waals surface area contributed by atoms with Gasteiger partial charge in [0.05, 0.1) is 22.8 Å². The lowest BCUT2D eigenvalue weighted by atomic mass is 10.2. The first kappa shape index (κ1) is 16.3. The van der Waals surface area contributed by atoms with E-state index in [1.165, 1.54) is 0 Å². The zero-order valence-corrected chi connectivity index (χ0v) is 14.6. The third-order valence-corrected chi connectivity index (χ3v) is 4.12. The van der Waals surface area contributed by atoms with Gasteiger partial charge in [0.25, 0.3) is 0 Å². The van der Waals surface area contributed by atoms with E-state index in [1.807, 2.05) is 11.4 Å². The topological polar surface area (TPSA) is 43.4 Å². The molecule has 0 spiro atoms. The summed E-state index contributed by atoms with van der Waals surface area (Å²) in [6.45, 7) is 4.40. The number of hydrogen-bond donors (Lipinski definition) is 1. The lowest BCUT2D eigenvalue weighted by Crippen LogP contribution is -2.14. The van der Waals surface area contributed by atoms with Gasteiger partial charge in [-0.2, -0.15) is 0 Å². The summed E-state index contributed by atoms with van der Waals surface area (Å²) in [5.41, 5.74) is 3.88. The van der Waals surface area contributed by atoms with Gasteiger partial charge < -0.3 is 14.8 Å². The van der Waals surface area contributed by atoms with Crippen molar-refractivity contribution < 1.29 is 9.47 Å². The minimum atomic E-state index is 0.436. The Morgan fingerprint density at radius 2 is 2.24 bits per heavy atom. The molecule has 0 saturated heterocycles. The van der Waals surface area contributed by atoms with Crippen molar-refractivity contribution in [1.82, 2.24) is 10.3 Å². The fraction of sp³-hybridized carbons (Fsp3) is 0.400. The molecule has 1 N–H and O–H groups in total. The summed E-state index contributed by atoms with van der Waals surface area (Å²) in [6.07, 6.45) is 1.12. The van der Waals surface area contributed by atoms with Gasteiger partial charge in [-0.1, -0.05) is 6.92 Å². The van der Waals surface area contributed by atoms with E-state index in [-0.39, 0.29) is 0 Å². The van der Waals surface area contributed by atoms with Crippen LogP contribution in [0.2, 0.25) is 0 Å². The fourth-order valence-electron chi connectivity index (χ4n) is 1.88. The predicted molar refractivity (Wildman–Crippen MR) is 89.1 cm³/mol. The van der Waals surface area contributed by atoms with Gasteiger partial charge in [-0.3, -0.25) is 0 Å². The number of methoxy groups -OCH3 is 1. The Morgan fingerprint density at radius 1 is 1.38 bits per heavy atom. The highest BCUT2D eigenvalue weighted by molar-refractivity contribution is 9.10. The molecule has 0 aliphatic heterocycles. The van der Waals surface area contributed by atoms with Crippen LogP contribution in [0.5, 0.6) is 11.5 Å². The summed E-state index contributed by atoms with van der Waals surface area (Å²) in [7, 11) is 1.65. The van der Waals surface area contributed by atoms with Crippen LogP contribution in [0.4, 0.5) is 0 Å². The highest BCUT2D eigenvalue weighted by Gasteiger charge is 2.12. The molecule has 0 radical (unpaired) electrons. The van der Waals surface area contributed by atoms with E-state index in [9.17, 15) is 0 Å². The number of ether oxygens (including phenoxy) is 2. The van der Waals surface area contributed by atoms with E-state index in [0.29, 0.717) is 12.4 Å². The van der Waals surface area contributed by atoms with Crippen molar-refractivity contribution in [2.75, 3.05) is 13.7 Å². The smallest absolute Gasteiger partial charge is 0.175 e. The Balaban J connectivity index is 2.09. The highest BCUT2D eigenvalue weighted by atomic mass is 79.9. The molecule has 0 unspecified atom stereocenters. The van der Waals surface area contributed by atoms with Crippen molar-refractivity contribution >= 4 is 27.3 Å². The van der Waals surface area contributed by atoms with Crippen LogP contribution in [0.15, 0.2) is 27.5 Å². The van der Waals surface area contributed by atoms with Crippen molar-refractivity contribution in [2.24, 2.45) is 0 Å². The molecule has 0 aliphatic carbocycles. The van der Waals surface area contributed by atoms with Gasteiger partial charge in [-0.05, 0) is 46.6 Å². The van der Waals surface area contributed by atoms with Crippen LogP contribution in [0.1, 0.15) is 24.6 Å². The van der Waals surface area contributed by atoms with Gasteiger partial charge in [-0.25, -0.2) is 4.98 Å². The van der Waals surface area contributed by atoms with Gasteiger partial charge in [0.1, 0.15) is 6.61 Å². The third kappa shape index (κ3) is 4.69. The lowest BCUT2D eigenvalue weighted by molar-refractivity contribution is 0.279. The monoisotopic (exact) mass is 370 g/mol. The van der Waals surface area contributed by atoms with Crippen LogP contribution >= 0.6 is 27.3 Å². The van der Waals surface area contributed by atoms with E-state index >= 15 is 0 Å². The van der Waals surface area contributed by atoms with Crippen molar-refractivity contribution in [1.29, 1.82) is 0 Å². The van der Waals surface area contributed by atoms with E-state index in [2.05, 4.69) is 39.2 Å². The first-order valence-corrected chi connectivity index (χ1v) is 8.55. The second-order valence-electron chi connectivity index (χ2n) is 4.55. The van der Waals surface area contributed by atoms with E-state index < -0.39 is 0 Å². The number of benzene rings is 1. The van der Waals surface area contributed by atoms with E-state index in [4.69, 9.17) is 9.47 Å². The minimum absolute atomic E-state index is 0.436. The van der Waals surface area contributed by atoms with Gasteiger partial charge in [0, 0.05) is 11.9 Å². The summed E-state index contributed by atoms with van der Waals surface area (Å²) in [5, 5.41) is 5.35. The molecule has 0 bridgehead atoms. The van der Waals surface area contributed by atoms with Crippen LogP contribution in [-0.2, 0) is 13.2 Å². The molecule has 1 aromatic carbocycles. The van der Waals surface area contributed by atoms with Crippen LogP contribution in [-0.4, -0.2) is 18.6 Å². The standard InChI is InChI=1S/C15H19BrN2O2S/c1-3-4-17-7-11-5-13(16)15(14(6-11)19-2)20-8-12-9-21-10-18-12/h5-6,9-10,17H,3-4,7-8H2,1-2H3. The molecule has 0 fully saturated rings. The maximum absolute atomic E-state index is 5.84. The Hall–Kier alpha value is -1.11. The van der Waals surface area contributed by atoms with Crippen LogP contribution in [0.25, 0.3) is 0 Å². The first-order chi connectivity index (χ1) is 10.2. The van der Waals surface area contributed by atoms with Gasteiger partial charge in [-0.15, -0.1) is 11.3 Å². The largest absolute Gasteiger partial charge is 0.493 e. The molecular weight excluding hydrogens is 352 g/mol. The molecule has 1 heterocycles. The van der Waals surface area contributed by atoms with Crippen molar-refractivity contribution in [3.63, 3.8) is 0 Å². The van der Waals surface area contributed by atoms with Crippen LogP contribution < -0.4 is 14.8 Å². The highest BCUT2D eigenvalue weighted by Crippen LogP contribution is 2.37. The first-order valence-electron chi connectivity index (χ1n) is 6.81. The maximum atomic E-state index is 5.84. The molecule has 2 aromatic rings. The SMILES string of the molecule is CCCNCc1cc(Br)c(OCc2cscn2)c(OC)c1. The predicted octanol–water partition coefficient (Wildman–Crippen LogP) is 3.99. The van der Waals surface area contributed by atoms with Gasteiger partial charge >= 0.3 is 0 Å². The Morgan fingerprint density at radius 3 is 2.90 bits per heavy atom. The van der Waals surface area contributed by atoms with Crippen LogP contribution in [0.3, 0.4) is 0 Å². The molecular formula is C15H19BrN2O2S. The Bertz CT molecular complexity index is 561. The Labute approximate surface area is 137 Å².